The van der Waals surface area contributed by atoms with Crippen molar-refractivity contribution in [2.75, 3.05) is 6.61 Å². The van der Waals surface area contributed by atoms with Crippen molar-refractivity contribution >= 4 is 21.8 Å². The molecule has 0 N–H and O–H groups in total. The molecule has 4 rings (SSSR count). The Hall–Kier alpha value is -3.40. The highest BCUT2D eigenvalue weighted by molar-refractivity contribution is 6.09. The van der Waals surface area contributed by atoms with Gasteiger partial charge in [-0.3, -0.25) is 0 Å². The standard InChI is InChI=1S/C25H21F2NO/c1-16-4-10-24-21(14-16)22-15-17(2)5-11-25(22)28(24)19-6-8-20(9-7-19)29-13-12-23(27)18(3)26/h4-12,14-15H,3,13H2,1-2H3/b23-12-. The Bertz CT molecular complexity index is 1190. The van der Waals surface area contributed by atoms with Crippen molar-refractivity contribution in [2.45, 2.75) is 13.8 Å². The molecule has 0 aliphatic carbocycles. The van der Waals surface area contributed by atoms with Gasteiger partial charge in [0.05, 0.1) is 11.0 Å². The van der Waals surface area contributed by atoms with Crippen molar-refractivity contribution in [2.24, 2.45) is 0 Å². The molecular weight excluding hydrogens is 368 g/mol. The molecule has 4 aromatic rings. The zero-order valence-electron chi connectivity index (χ0n) is 16.4. The Morgan fingerprint density at radius 3 is 1.97 bits per heavy atom. The van der Waals surface area contributed by atoms with E-state index in [1.807, 2.05) is 24.3 Å². The van der Waals surface area contributed by atoms with Crippen molar-refractivity contribution in [3.63, 3.8) is 0 Å². The zero-order chi connectivity index (χ0) is 20.5. The first kappa shape index (κ1) is 18.9. The lowest BCUT2D eigenvalue weighted by atomic mass is 10.1. The van der Waals surface area contributed by atoms with Gasteiger partial charge in [-0.25, -0.2) is 8.78 Å². The van der Waals surface area contributed by atoms with Gasteiger partial charge in [0.25, 0.3) is 0 Å². The van der Waals surface area contributed by atoms with Crippen LogP contribution in [0.2, 0.25) is 0 Å². The fraction of sp³-hybridized carbons (Fsp3) is 0.120. The first-order valence-corrected chi connectivity index (χ1v) is 9.39. The molecule has 2 nitrogen and oxygen atoms in total. The van der Waals surface area contributed by atoms with Crippen LogP contribution in [-0.2, 0) is 0 Å². The van der Waals surface area contributed by atoms with E-state index in [0.29, 0.717) is 5.75 Å². The molecule has 146 valence electrons. The molecule has 1 heterocycles. The number of allylic oxidation sites excluding steroid dienone is 2. The minimum Gasteiger partial charge on any atom is -0.489 e. The highest BCUT2D eigenvalue weighted by atomic mass is 19.2. The second kappa shape index (κ2) is 7.55. The van der Waals surface area contributed by atoms with Gasteiger partial charge in [0, 0.05) is 16.5 Å². The minimum atomic E-state index is -1.10. The average molecular weight is 389 g/mol. The summed E-state index contributed by atoms with van der Waals surface area (Å²) in [4.78, 5) is 0. The maximum absolute atomic E-state index is 13.1. The highest BCUT2D eigenvalue weighted by Gasteiger charge is 2.12. The Morgan fingerprint density at radius 1 is 0.897 bits per heavy atom. The largest absolute Gasteiger partial charge is 0.489 e. The lowest BCUT2D eigenvalue weighted by Crippen LogP contribution is -1.97. The van der Waals surface area contributed by atoms with Gasteiger partial charge in [-0.15, -0.1) is 0 Å². The van der Waals surface area contributed by atoms with Crippen LogP contribution in [0.3, 0.4) is 0 Å². The lowest BCUT2D eigenvalue weighted by Gasteiger charge is -2.10. The molecule has 0 fully saturated rings. The maximum Gasteiger partial charge on any atom is 0.157 e. The summed E-state index contributed by atoms with van der Waals surface area (Å²) in [6, 6.07) is 20.5. The molecule has 0 aliphatic rings. The molecule has 29 heavy (non-hydrogen) atoms. The van der Waals surface area contributed by atoms with Crippen LogP contribution in [-0.4, -0.2) is 11.2 Å². The first-order chi connectivity index (χ1) is 13.9. The normalized spacial score (nSPS) is 11.9. The van der Waals surface area contributed by atoms with Crippen LogP contribution in [0.15, 0.2) is 85.0 Å². The summed E-state index contributed by atoms with van der Waals surface area (Å²) in [7, 11) is 0. The average Bonchev–Trinajstić information content (AvgIpc) is 3.01. The van der Waals surface area contributed by atoms with Gasteiger partial charge in [0.1, 0.15) is 12.4 Å². The van der Waals surface area contributed by atoms with Gasteiger partial charge in [-0.1, -0.05) is 29.8 Å². The van der Waals surface area contributed by atoms with E-state index in [0.717, 1.165) is 22.8 Å². The fourth-order valence-electron chi connectivity index (χ4n) is 3.54. The van der Waals surface area contributed by atoms with E-state index in [1.54, 1.807) is 0 Å². The number of aryl methyl sites for hydroxylation is 2. The lowest BCUT2D eigenvalue weighted by molar-refractivity contribution is 0.358. The van der Waals surface area contributed by atoms with Crippen LogP contribution < -0.4 is 4.74 Å². The summed E-state index contributed by atoms with van der Waals surface area (Å²) < 4.78 is 33.5. The Balaban J connectivity index is 1.73. The summed E-state index contributed by atoms with van der Waals surface area (Å²) in [5.41, 5.74) is 5.72. The smallest absolute Gasteiger partial charge is 0.157 e. The molecule has 0 bridgehead atoms. The van der Waals surface area contributed by atoms with Crippen molar-refractivity contribution in [3.05, 3.63) is 96.1 Å². The molecule has 0 spiro atoms. The van der Waals surface area contributed by atoms with Crippen LogP contribution in [0.1, 0.15) is 11.1 Å². The minimum absolute atomic E-state index is 0.0674. The maximum atomic E-state index is 13.1. The van der Waals surface area contributed by atoms with Gasteiger partial charge in [-0.05, 0) is 68.5 Å². The number of hydrogen-bond acceptors (Lipinski definition) is 1. The van der Waals surface area contributed by atoms with Crippen LogP contribution >= 0.6 is 0 Å². The van der Waals surface area contributed by atoms with Crippen LogP contribution in [0.5, 0.6) is 5.75 Å². The zero-order valence-corrected chi connectivity index (χ0v) is 16.4. The Morgan fingerprint density at radius 2 is 1.45 bits per heavy atom. The third-order valence-electron chi connectivity index (χ3n) is 4.94. The van der Waals surface area contributed by atoms with Gasteiger partial charge in [0.2, 0.25) is 0 Å². The summed E-state index contributed by atoms with van der Waals surface area (Å²) in [6.07, 6.45) is 1.02. The number of aromatic nitrogens is 1. The number of rotatable bonds is 5. The van der Waals surface area contributed by atoms with Crippen LogP contribution in [0.4, 0.5) is 8.78 Å². The monoisotopic (exact) mass is 389 g/mol. The molecule has 0 saturated heterocycles. The van der Waals surface area contributed by atoms with Crippen molar-refractivity contribution in [1.29, 1.82) is 0 Å². The Labute approximate surface area is 168 Å². The van der Waals surface area contributed by atoms with Gasteiger partial charge >= 0.3 is 0 Å². The molecule has 1 aromatic heterocycles. The van der Waals surface area contributed by atoms with E-state index in [4.69, 9.17) is 4.74 Å². The summed E-state index contributed by atoms with van der Waals surface area (Å²) >= 11 is 0. The molecule has 0 saturated carbocycles. The van der Waals surface area contributed by atoms with E-state index >= 15 is 0 Å². The van der Waals surface area contributed by atoms with Crippen LogP contribution in [0, 0.1) is 13.8 Å². The Kier molecular flexibility index (Phi) is 4.93. The van der Waals surface area contributed by atoms with Crippen LogP contribution in [0.25, 0.3) is 27.5 Å². The van der Waals surface area contributed by atoms with Crippen molar-refractivity contribution < 1.29 is 13.5 Å². The number of fused-ring (bicyclic) bond motifs is 3. The first-order valence-electron chi connectivity index (χ1n) is 9.39. The highest BCUT2D eigenvalue weighted by Crippen LogP contribution is 2.33. The topological polar surface area (TPSA) is 14.2 Å². The molecule has 0 aliphatic heterocycles. The molecule has 0 atom stereocenters. The fourth-order valence-corrected chi connectivity index (χ4v) is 3.54. The van der Waals surface area contributed by atoms with E-state index < -0.39 is 11.7 Å². The van der Waals surface area contributed by atoms with Gasteiger partial charge in [-0.2, -0.15) is 0 Å². The van der Waals surface area contributed by atoms with Gasteiger partial charge in [0.15, 0.2) is 11.7 Å². The molecule has 4 heteroatoms. The van der Waals surface area contributed by atoms with E-state index in [2.05, 4.69) is 61.4 Å². The summed E-state index contributed by atoms with van der Waals surface area (Å²) in [6.45, 7) is 7.04. The second-order valence-electron chi connectivity index (χ2n) is 7.14. The number of hydrogen-bond donors (Lipinski definition) is 0. The third kappa shape index (κ3) is 3.66. The van der Waals surface area contributed by atoms with Gasteiger partial charge < -0.3 is 9.30 Å². The van der Waals surface area contributed by atoms with E-state index in [1.165, 1.54) is 21.9 Å². The molecular formula is C25H21F2NO. The molecule has 3 aromatic carbocycles. The number of nitrogens with zero attached hydrogens (tertiary/aromatic N) is 1. The molecule has 0 amide bonds. The predicted molar refractivity (Wildman–Crippen MR) is 115 cm³/mol. The quantitative estimate of drug-likeness (QED) is 0.332. The summed E-state index contributed by atoms with van der Waals surface area (Å²) in [5, 5.41) is 2.44. The third-order valence-corrected chi connectivity index (χ3v) is 4.94. The molecule has 0 unspecified atom stereocenters. The number of halogens is 2. The van der Waals surface area contributed by atoms with E-state index in [-0.39, 0.29) is 6.61 Å². The number of ether oxygens (including phenoxy) is 1. The second-order valence-corrected chi connectivity index (χ2v) is 7.14. The predicted octanol–water partition coefficient (Wildman–Crippen LogP) is 7.12. The SMILES string of the molecule is C=C(F)/C(F)=C/COc1ccc(-n2c3ccc(C)cc3c3cc(C)ccc32)cc1. The van der Waals surface area contributed by atoms with Crippen molar-refractivity contribution in [1.82, 2.24) is 4.57 Å². The van der Waals surface area contributed by atoms with E-state index in [9.17, 15) is 8.78 Å². The number of benzene rings is 3. The van der Waals surface area contributed by atoms with Crippen molar-refractivity contribution in [3.8, 4) is 11.4 Å². The molecule has 0 radical (unpaired) electrons. The summed E-state index contributed by atoms with van der Waals surface area (Å²) in [5.74, 6) is -1.52.